The maximum absolute atomic E-state index is 12.3. The van der Waals surface area contributed by atoms with Crippen molar-refractivity contribution >= 4 is 5.78 Å². The number of carbonyl (C=O) groups excluding carboxylic acids is 1. The second-order valence-electron chi connectivity index (χ2n) is 5.32. The van der Waals surface area contributed by atoms with Crippen LogP contribution >= 0.6 is 0 Å². The molecule has 0 amide bonds. The van der Waals surface area contributed by atoms with Crippen molar-refractivity contribution in [1.29, 1.82) is 0 Å². The fourth-order valence-electron chi connectivity index (χ4n) is 2.92. The van der Waals surface area contributed by atoms with Crippen molar-refractivity contribution in [1.82, 2.24) is 5.32 Å². The summed E-state index contributed by atoms with van der Waals surface area (Å²) in [5.74, 6) is 1.03. The molecule has 3 heteroatoms. The van der Waals surface area contributed by atoms with Crippen molar-refractivity contribution in [3.05, 3.63) is 29.3 Å². The zero-order chi connectivity index (χ0) is 12.6. The molecule has 0 radical (unpaired) electrons. The molecule has 0 unspecified atom stereocenters. The Morgan fingerprint density at radius 1 is 1.33 bits per heavy atom. The smallest absolute Gasteiger partial charge is 0.170 e. The van der Waals surface area contributed by atoms with Gasteiger partial charge in [0.15, 0.2) is 5.78 Å². The van der Waals surface area contributed by atoms with Crippen LogP contribution in [0.25, 0.3) is 0 Å². The molecule has 1 saturated heterocycles. The fourth-order valence-corrected chi connectivity index (χ4v) is 2.92. The van der Waals surface area contributed by atoms with Gasteiger partial charge >= 0.3 is 0 Å². The van der Waals surface area contributed by atoms with Crippen molar-refractivity contribution in [2.24, 2.45) is 0 Å². The van der Waals surface area contributed by atoms with Crippen LogP contribution in [0.4, 0.5) is 0 Å². The van der Waals surface area contributed by atoms with E-state index in [0.717, 1.165) is 43.7 Å². The molecule has 0 saturated carbocycles. The number of piperidine rings is 1. The number of hydrogen-bond donors (Lipinski definition) is 1. The Hall–Kier alpha value is -1.35. The molecule has 3 nitrogen and oxygen atoms in total. The molecule has 2 heterocycles. The van der Waals surface area contributed by atoms with Gasteiger partial charge in [-0.3, -0.25) is 4.79 Å². The first-order valence-corrected chi connectivity index (χ1v) is 6.78. The predicted octanol–water partition coefficient (Wildman–Crippen LogP) is 2.34. The zero-order valence-corrected chi connectivity index (χ0v) is 10.8. The van der Waals surface area contributed by atoms with E-state index < -0.39 is 0 Å². The number of carbonyl (C=O) groups is 1. The first-order valence-electron chi connectivity index (χ1n) is 6.78. The first kappa shape index (κ1) is 11.7. The monoisotopic (exact) mass is 245 g/mol. The molecule has 0 aliphatic carbocycles. The van der Waals surface area contributed by atoms with Crippen LogP contribution in [0.15, 0.2) is 18.2 Å². The van der Waals surface area contributed by atoms with Crippen LogP contribution in [0.1, 0.15) is 42.1 Å². The summed E-state index contributed by atoms with van der Waals surface area (Å²) in [6, 6.07) is 6.02. The van der Waals surface area contributed by atoms with E-state index in [-0.39, 0.29) is 11.4 Å². The Kier molecular flexibility index (Phi) is 2.86. The van der Waals surface area contributed by atoms with Crippen molar-refractivity contribution in [3.63, 3.8) is 0 Å². The highest BCUT2D eigenvalue weighted by molar-refractivity contribution is 6.00. The van der Waals surface area contributed by atoms with Gasteiger partial charge in [-0.1, -0.05) is 13.0 Å². The number of ether oxygens (including phenoxy) is 1. The van der Waals surface area contributed by atoms with E-state index in [1.165, 1.54) is 5.56 Å². The van der Waals surface area contributed by atoms with E-state index in [1.54, 1.807) is 0 Å². The van der Waals surface area contributed by atoms with Gasteiger partial charge in [-0.2, -0.15) is 0 Å². The number of rotatable bonds is 1. The molecule has 96 valence electrons. The van der Waals surface area contributed by atoms with Gasteiger partial charge in [-0.25, -0.2) is 0 Å². The highest BCUT2D eigenvalue weighted by Gasteiger charge is 2.41. The minimum Gasteiger partial charge on any atom is -0.486 e. The van der Waals surface area contributed by atoms with Gasteiger partial charge in [-0.15, -0.1) is 0 Å². The minimum atomic E-state index is -0.247. The van der Waals surface area contributed by atoms with Gasteiger partial charge in [0.25, 0.3) is 0 Å². The molecule has 3 rings (SSSR count). The molecule has 1 spiro atoms. The van der Waals surface area contributed by atoms with E-state index in [0.29, 0.717) is 6.42 Å². The summed E-state index contributed by atoms with van der Waals surface area (Å²) in [6.07, 6.45) is 3.34. The minimum absolute atomic E-state index is 0.244. The van der Waals surface area contributed by atoms with Crippen LogP contribution < -0.4 is 10.1 Å². The zero-order valence-electron chi connectivity index (χ0n) is 10.8. The Morgan fingerprint density at radius 2 is 2.11 bits per heavy atom. The topological polar surface area (TPSA) is 38.3 Å². The molecule has 1 aromatic rings. The predicted molar refractivity (Wildman–Crippen MR) is 70.2 cm³/mol. The second kappa shape index (κ2) is 4.39. The van der Waals surface area contributed by atoms with Crippen molar-refractivity contribution < 1.29 is 9.53 Å². The first-order chi connectivity index (χ1) is 8.72. The molecular formula is C15H19NO2. The SMILES string of the molecule is CCc1ccc2c(c1)C(=O)CC1(CCNCC1)O2. The van der Waals surface area contributed by atoms with Gasteiger partial charge in [0.1, 0.15) is 11.4 Å². The molecule has 1 fully saturated rings. The molecule has 1 aromatic carbocycles. The molecule has 18 heavy (non-hydrogen) atoms. The lowest BCUT2D eigenvalue weighted by Gasteiger charge is -2.41. The highest BCUT2D eigenvalue weighted by atomic mass is 16.5. The number of benzene rings is 1. The third-order valence-corrected chi connectivity index (χ3v) is 4.08. The van der Waals surface area contributed by atoms with Crippen LogP contribution in [0.2, 0.25) is 0 Å². The number of aryl methyl sites for hydroxylation is 1. The van der Waals surface area contributed by atoms with Gasteiger partial charge in [0.2, 0.25) is 0 Å². The van der Waals surface area contributed by atoms with Gasteiger partial charge < -0.3 is 10.1 Å². The second-order valence-corrected chi connectivity index (χ2v) is 5.32. The standard InChI is InChI=1S/C15H19NO2/c1-2-11-3-4-14-12(9-11)13(17)10-15(18-14)5-7-16-8-6-15/h3-4,9,16H,2,5-8,10H2,1H3. The lowest BCUT2D eigenvalue weighted by molar-refractivity contribution is 0.0187. The molecule has 0 bridgehead atoms. The molecule has 0 atom stereocenters. The van der Waals surface area contributed by atoms with E-state index in [4.69, 9.17) is 4.74 Å². The molecule has 2 aliphatic rings. The van der Waals surface area contributed by atoms with E-state index >= 15 is 0 Å². The Morgan fingerprint density at radius 3 is 2.83 bits per heavy atom. The highest BCUT2D eigenvalue weighted by Crippen LogP contribution is 2.38. The maximum Gasteiger partial charge on any atom is 0.170 e. The van der Waals surface area contributed by atoms with Gasteiger partial charge in [0.05, 0.1) is 12.0 Å². The normalized spacial score (nSPS) is 21.5. The summed E-state index contributed by atoms with van der Waals surface area (Å²) in [4.78, 5) is 12.3. The summed E-state index contributed by atoms with van der Waals surface area (Å²) < 4.78 is 6.17. The summed E-state index contributed by atoms with van der Waals surface area (Å²) in [5.41, 5.74) is 1.73. The third kappa shape index (κ3) is 1.93. The largest absolute Gasteiger partial charge is 0.486 e. The van der Waals surface area contributed by atoms with Crippen LogP contribution in [0.3, 0.4) is 0 Å². The van der Waals surface area contributed by atoms with Crippen LogP contribution in [0, 0.1) is 0 Å². The van der Waals surface area contributed by atoms with E-state index in [2.05, 4.69) is 18.3 Å². The quantitative estimate of drug-likeness (QED) is 0.825. The third-order valence-electron chi connectivity index (χ3n) is 4.08. The summed E-state index contributed by atoms with van der Waals surface area (Å²) in [5, 5.41) is 3.32. The lowest BCUT2D eigenvalue weighted by Crippen LogP contribution is -2.49. The van der Waals surface area contributed by atoms with Crippen molar-refractivity contribution in [2.75, 3.05) is 13.1 Å². The summed E-state index contributed by atoms with van der Waals surface area (Å²) in [7, 11) is 0. The van der Waals surface area contributed by atoms with Crippen LogP contribution in [0.5, 0.6) is 5.75 Å². The van der Waals surface area contributed by atoms with Gasteiger partial charge in [0, 0.05) is 12.8 Å². The van der Waals surface area contributed by atoms with Crippen LogP contribution in [-0.2, 0) is 6.42 Å². The maximum atomic E-state index is 12.3. The molecule has 0 aromatic heterocycles. The van der Waals surface area contributed by atoms with Gasteiger partial charge in [-0.05, 0) is 37.2 Å². The summed E-state index contributed by atoms with van der Waals surface area (Å²) in [6.45, 7) is 3.98. The Labute approximate surface area is 108 Å². The van der Waals surface area contributed by atoms with Crippen molar-refractivity contribution in [2.45, 2.75) is 38.2 Å². The number of hydrogen-bond acceptors (Lipinski definition) is 3. The number of fused-ring (bicyclic) bond motifs is 1. The molecule has 1 N–H and O–H groups in total. The van der Waals surface area contributed by atoms with Crippen molar-refractivity contribution in [3.8, 4) is 5.75 Å². The number of Topliss-reactive ketones (excluding diaryl/α,β-unsaturated/α-hetero) is 1. The molecular weight excluding hydrogens is 226 g/mol. The average molecular weight is 245 g/mol. The van der Waals surface area contributed by atoms with E-state index in [1.807, 2.05) is 12.1 Å². The van der Waals surface area contributed by atoms with Crippen LogP contribution in [-0.4, -0.2) is 24.5 Å². The Bertz CT molecular complexity index is 475. The fraction of sp³-hybridized carbons (Fsp3) is 0.533. The number of nitrogens with one attached hydrogen (secondary N) is 1. The Balaban J connectivity index is 1.95. The lowest BCUT2D eigenvalue weighted by atomic mass is 9.82. The number of ketones is 1. The summed E-state index contributed by atoms with van der Waals surface area (Å²) >= 11 is 0. The molecule has 2 aliphatic heterocycles. The average Bonchev–Trinajstić information content (AvgIpc) is 2.39. The van der Waals surface area contributed by atoms with E-state index in [9.17, 15) is 4.79 Å².